The van der Waals surface area contributed by atoms with E-state index in [2.05, 4.69) is 30.2 Å². The van der Waals surface area contributed by atoms with Crippen LogP contribution in [0.1, 0.15) is 36.3 Å². The molecule has 0 fully saturated rings. The van der Waals surface area contributed by atoms with Gasteiger partial charge in [0.15, 0.2) is 5.13 Å². The number of aryl methyl sites for hydroxylation is 2. The maximum absolute atomic E-state index is 12.1. The first kappa shape index (κ1) is 15.0. The fourth-order valence-electron chi connectivity index (χ4n) is 2.58. The Labute approximate surface area is 134 Å². The van der Waals surface area contributed by atoms with Gasteiger partial charge in [-0.2, -0.15) is 0 Å². The highest BCUT2D eigenvalue weighted by Crippen LogP contribution is 2.33. The largest absolute Gasteiger partial charge is 0.488 e. The molecule has 1 aromatic carbocycles. The third-order valence-corrected chi connectivity index (χ3v) is 4.57. The lowest BCUT2D eigenvalue weighted by atomic mass is 9.93. The molecule has 0 spiro atoms. The smallest absolute Gasteiger partial charge is 0.230 e. The molecular weight excluding hydrogens is 296 g/mol. The lowest BCUT2D eigenvalue weighted by Gasteiger charge is -2.32. The second-order valence-electron chi connectivity index (χ2n) is 6.30. The fraction of sp³-hybridized carbons (Fsp3) is 0.412. The zero-order valence-electron chi connectivity index (χ0n) is 13.1. The predicted octanol–water partition coefficient (Wildman–Crippen LogP) is 3.74. The molecule has 1 aliphatic heterocycles. The van der Waals surface area contributed by atoms with Crippen LogP contribution in [-0.2, 0) is 17.6 Å². The molecule has 0 radical (unpaired) electrons. The van der Waals surface area contributed by atoms with E-state index < -0.39 is 0 Å². The fourth-order valence-corrected chi connectivity index (χ4v) is 3.26. The molecule has 2 aromatic rings. The average Bonchev–Trinajstić information content (AvgIpc) is 2.83. The molecular formula is C17H20N2O2S. The van der Waals surface area contributed by atoms with Gasteiger partial charge in [-0.25, -0.2) is 4.98 Å². The van der Waals surface area contributed by atoms with Gasteiger partial charge in [-0.05, 0) is 50.8 Å². The van der Waals surface area contributed by atoms with Crippen molar-refractivity contribution in [3.8, 4) is 5.75 Å². The van der Waals surface area contributed by atoms with Crippen LogP contribution >= 0.6 is 11.3 Å². The maximum Gasteiger partial charge on any atom is 0.230 e. The van der Waals surface area contributed by atoms with Crippen molar-refractivity contribution in [1.82, 2.24) is 4.98 Å². The summed E-state index contributed by atoms with van der Waals surface area (Å²) in [5.74, 6) is 0.905. The molecule has 1 aromatic heterocycles. The van der Waals surface area contributed by atoms with E-state index in [1.807, 2.05) is 19.1 Å². The Morgan fingerprint density at radius 3 is 3.00 bits per heavy atom. The van der Waals surface area contributed by atoms with E-state index in [0.29, 0.717) is 11.6 Å². The van der Waals surface area contributed by atoms with Crippen molar-refractivity contribution in [3.63, 3.8) is 0 Å². The van der Waals surface area contributed by atoms with Crippen LogP contribution in [0, 0.1) is 6.92 Å². The second kappa shape index (κ2) is 5.72. The highest BCUT2D eigenvalue weighted by molar-refractivity contribution is 7.15. The van der Waals surface area contributed by atoms with Gasteiger partial charge in [0.1, 0.15) is 11.4 Å². The van der Waals surface area contributed by atoms with Crippen LogP contribution in [0.4, 0.5) is 5.13 Å². The highest BCUT2D eigenvalue weighted by atomic mass is 32.1. The van der Waals surface area contributed by atoms with Crippen molar-refractivity contribution in [2.24, 2.45) is 0 Å². The third kappa shape index (κ3) is 3.47. The molecule has 0 saturated carbocycles. The Kier molecular flexibility index (Phi) is 3.91. The first-order valence-corrected chi connectivity index (χ1v) is 8.26. The molecule has 1 amide bonds. The topological polar surface area (TPSA) is 51.2 Å². The lowest BCUT2D eigenvalue weighted by Crippen LogP contribution is -2.32. The van der Waals surface area contributed by atoms with E-state index in [1.54, 1.807) is 6.20 Å². The zero-order valence-corrected chi connectivity index (χ0v) is 13.9. The summed E-state index contributed by atoms with van der Waals surface area (Å²) in [5, 5.41) is 3.50. The Bertz CT molecular complexity index is 706. The van der Waals surface area contributed by atoms with Crippen LogP contribution in [0.25, 0.3) is 0 Å². The van der Waals surface area contributed by atoms with Crippen LogP contribution < -0.4 is 10.1 Å². The number of amides is 1. The summed E-state index contributed by atoms with van der Waals surface area (Å²) < 4.78 is 5.97. The number of rotatable bonds is 3. The number of thiazole rings is 1. The van der Waals surface area contributed by atoms with Gasteiger partial charge in [-0.1, -0.05) is 12.1 Å². The van der Waals surface area contributed by atoms with Crippen molar-refractivity contribution in [1.29, 1.82) is 0 Å². The van der Waals surface area contributed by atoms with Crippen LogP contribution in [0.15, 0.2) is 24.4 Å². The van der Waals surface area contributed by atoms with Gasteiger partial charge in [0.2, 0.25) is 5.91 Å². The quantitative estimate of drug-likeness (QED) is 0.938. The Balaban J connectivity index is 1.67. The van der Waals surface area contributed by atoms with Crippen LogP contribution in [0.5, 0.6) is 5.75 Å². The maximum atomic E-state index is 12.1. The molecule has 0 bridgehead atoms. The van der Waals surface area contributed by atoms with Gasteiger partial charge in [-0.15, -0.1) is 11.3 Å². The number of hydrogen-bond acceptors (Lipinski definition) is 4. The van der Waals surface area contributed by atoms with E-state index in [1.165, 1.54) is 16.9 Å². The molecule has 2 heterocycles. The van der Waals surface area contributed by atoms with Crippen molar-refractivity contribution < 1.29 is 9.53 Å². The first-order valence-electron chi connectivity index (χ1n) is 7.44. The summed E-state index contributed by atoms with van der Waals surface area (Å²) in [5.41, 5.74) is 2.09. The Morgan fingerprint density at radius 2 is 2.27 bits per heavy atom. The molecule has 3 rings (SSSR count). The zero-order chi connectivity index (χ0) is 15.7. The third-order valence-electron chi connectivity index (χ3n) is 3.74. The van der Waals surface area contributed by atoms with Crippen molar-refractivity contribution >= 4 is 22.4 Å². The summed E-state index contributed by atoms with van der Waals surface area (Å²) in [4.78, 5) is 17.3. The number of ether oxygens (including phenoxy) is 1. The highest BCUT2D eigenvalue weighted by Gasteiger charge is 2.26. The molecule has 1 N–H and O–H groups in total. The van der Waals surface area contributed by atoms with Gasteiger partial charge in [-0.3, -0.25) is 4.79 Å². The SMILES string of the molecule is Cc1cnc(NC(=O)Cc2ccc3c(c2)CCC(C)(C)O3)s1. The number of aromatic nitrogens is 1. The number of carbonyl (C=O) groups is 1. The Morgan fingerprint density at radius 1 is 1.45 bits per heavy atom. The summed E-state index contributed by atoms with van der Waals surface area (Å²) >= 11 is 1.49. The van der Waals surface area contributed by atoms with Crippen LogP contribution in [0.2, 0.25) is 0 Å². The second-order valence-corrected chi connectivity index (χ2v) is 7.54. The van der Waals surface area contributed by atoms with Crippen LogP contribution in [-0.4, -0.2) is 16.5 Å². The summed E-state index contributed by atoms with van der Waals surface area (Å²) in [6, 6.07) is 6.02. The minimum absolute atomic E-state index is 0.0358. The molecule has 4 nitrogen and oxygen atoms in total. The molecule has 22 heavy (non-hydrogen) atoms. The normalized spacial score (nSPS) is 15.8. The molecule has 0 saturated heterocycles. The van der Waals surface area contributed by atoms with Crippen LogP contribution in [0.3, 0.4) is 0 Å². The molecule has 5 heteroatoms. The van der Waals surface area contributed by atoms with E-state index in [0.717, 1.165) is 29.0 Å². The molecule has 0 atom stereocenters. The van der Waals surface area contributed by atoms with E-state index in [9.17, 15) is 4.79 Å². The van der Waals surface area contributed by atoms with Gasteiger partial charge < -0.3 is 10.1 Å². The average molecular weight is 316 g/mol. The van der Waals surface area contributed by atoms with Crippen molar-refractivity contribution in [3.05, 3.63) is 40.4 Å². The minimum Gasteiger partial charge on any atom is -0.488 e. The number of hydrogen-bond donors (Lipinski definition) is 1. The van der Waals surface area contributed by atoms with E-state index >= 15 is 0 Å². The number of carbonyl (C=O) groups excluding carboxylic acids is 1. The summed E-state index contributed by atoms with van der Waals surface area (Å²) in [6.45, 7) is 6.18. The number of fused-ring (bicyclic) bond motifs is 1. The molecule has 0 unspecified atom stereocenters. The monoisotopic (exact) mass is 316 g/mol. The van der Waals surface area contributed by atoms with Gasteiger partial charge >= 0.3 is 0 Å². The standard InChI is InChI=1S/C17H20N2O2S/c1-11-10-18-16(22-11)19-15(20)9-12-4-5-14-13(8-12)6-7-17(2,3)21-14/h4-5,8,10H,6-7,9H2,1-3H3,(H,18,19,20). The number of benzene rings is 1. The molecule has 0 aliphatic carbocycles. The number of anilines is 1. The minimum atomic E-state index is -0.103. The molecule has 1 aliphatic rings. The summed E-state index contributed by atoms with van der Waals surface area (Å²) in [7, 11) is 0. The first-order chi connectivity index (χ1) is 10.4. The van der Waals surface area contributed by atoms with Gasteiger partial charge in [0, 0.05) is 11.1 Å². The van der Waals surface area contributed by atoms with Gasteiger partial charge in [0.25, 0.3) is 0 Å². The predicted molar refractivity (Wildman–Crippen MR) is 88.7 cm³/mol. The van der Waals surface area contributed by atoms with Gasteiger partial charge in [0.05, 0.1) is 6.42 Å². The summed E-state index contributed by atoms with van der Waals surface area (Å²) in [6.07, 6.45) is 4.10. The number of nitrogens with one attached hydrogen (secondary N) is 1. The van der Waals surface area contributed by atoms with Crippen molar-refractivity contribution in [2.75, 3.05) is 5.32 Å². The molecule has 116 valence electrons. The van der Waals surface area contributed by atoms with Crippen molar-refractivity contribution in [2.45, 2.75) is 45.6 Å². The lowest BCUT2D eigenvalue weighted by molar-refractivity contribution is -0.115. The number of nitrogens with zero attached hydrogens (tertiary/aromatic N) is 1. The van der Waals surface area contributed by atoms with E-state index in [4.69, 9.17) is 4.74 Å². The Hall–Kier alpha value is -1.88. The van der Waals surface area contributed by atoms with E-state index in [-0.39, 0.29) is 11.5 Å².